The molecule has 1 fully saturated rings. The van der Waals surface area contributed by atoms with E-state index in [0.29, 0.717) is 11.1 Å². The fraction of sp³-hybridized carbons (Fsp3) is 1.00. The first-order valence-corrected chi connectivity index (χ1v) is 6.32. The van der Waals surface area contributed by atoms with E-state index in [1.807, 2.05) is 11.9 Å². The summed E-state index contributed by atoms with van der Waals surface area (Å²) in [6.07, 6.45) is 4.83. The average Bonchev–Trinajstić information content (AvgIpc) is 1.79. The molecule has 0 unspecified atom stereocenters. The molecule has 0 amide bonds. The van der Waals surface area contributed by atoms with E-state index in [0.717, 1.165) is 5.92 Å². The SMILES string of the molecule is CSN1C(C)(C)CC(C)CC1(C)C. The molecule has 2 heteroatoms. The van der Waals surface area contributed by atoms with Crippen molar-refractivity contribution in [2.75, 3.05) is 6.26 Å². The van der Waals surface area contributed by atoms with Gasteiger partial charge < -0.3 is 0 Å². The molecule has 1 saturated heterocycles. The molecule has 0 aromatic heterocycles. The second-order valence-corrected chi connectivity index (χ2v) is 6.35. The highest BCUT2D eigenvalue weighted by molar-refractivity contribution is 7.96. The lowest BCUT2D eigenvalue weighted by Crippen LogP contribution is -2.56. The molecule has 0 saturated carbocycles. The quantitative estimate of drug-likeness (QED) is 0.597. The average molecular weight is 201 g/mol. The summed E-state index contributed by atoms with van der Waals surface area (Å²) in [5.41, 5.74) is 0.696. The topological polar surface area (TPSA) is 3.24 Å². The molecule has 0 aliphatic carbocycles. The molecule has 0 aromatic carbocycles. The van der Waals surface area contributed by atoms with E-state index in [2.05, 4.69) is 45.2 Å². The highest BCUT2D eigenvalue weighted by atomic mass is 32.2. The third-order valence-electron chi connectivity index (χ3n) is 2.98. The second kappa shape index (κ2) is 3.47. The van der Waals surface area contributed by atoms with Crippen LogP contribution in [0.5, 0.6) is 0 Å². The molecule has 1 nitrogen and oxygen atoms in total. The number of nitrogens with zero attached hydrogens (tertiary/aromatic N) is 1. The van der Waals surface area contributed by atoms with Gasteiger partial charge in [0, 0.05) is 11.1 Å². The maximum atomic E-state index is 2.57. The van der Waals surface area contributed by atoms with Crippen molar-refractivity contribution in [1.29, 1.82) is 0 Å². The van der Waals surface area contributed by atoms with E-state index >= 15 is 0 Å². The molecular formula is C11H23NS. The van der Waals surface area contributed by atoms with Crippen molar-refractivity contribution >= 4 is 11.9 Å². The molecule has 0 bridgehead atoms. The first kappa shape index (κ1) is 11.4. The van der Waals surface area contributed by atoms with Crippen molar-refractivity contribution < 1.29 is 0 Å². The Morgan fingerprint density at radius 3 is 1.77 bits per heavy atom. The van der Waals surface area contributed by atoms with Crippen LogP contribution in [0.15, 0.2) is 0 Å². The molecule has 0 spiro atoms. The lowest BCUT2D eigenvalue weighted by molar-refractivity contribution is 0.0374. The van der Waals surface area contributed by atoms with Crippen LogP contribution in [0, 0.1) is 5.92 Å². The van der Waals surface area contributed by atoms with E-state index in [1.165, 1.54) is 12.8 Å². The zero-order valence-electron chi connectivity index (χ0n) is 9.85. The van der Waals surface area contributed by atoms with Crippen molar-refractivity contribution in [2.45, 2.75) is 58.5 Å². The highest BCUT2D eigenvalue weighted by Crippen LogP contribution is 2.44. The van der Waals surface area contributed by atoms with E-state index in [9.17, 15) is 0 Å². The van der Waals surface area contributed by atoms with Crippen LogP contribution in [0.4, 0.5) is 0 Å². The molecule has 1 aliphatic rings. The first-order valence-electron chi connectivity index (χ1n) is 5.14. The lowest BCUT2D eigenvalue weighted by Gasteiger charge is -2.53. The van der Waals surface area contributed by atoms with Gasteiger partial charge in [0.05, 0.1) is 0 Å². The van der Waals surface area contributed by atoms with Gasteiger partial charge in [-0.3, -0.25) is 0 Å². The second-order valence-electron chi connectivity index (χ2n) is 5.62. The summed E-state index contributed by atoms with van der Waals surface area (Å²) in [5.74, 6) is 0.855. The van der Waals surface area contributed by atoms with Crippen molar-refractivity contribution in [1.82, 2.24) is 4.31 Å². The summed E-state index contributed by atoms with van der Waals surface area (Å²) in [6.45, 7) is 11.8. The van der Waals surface area contributed by atoms with Crippen LogP contribution < -0.4 is 0 Å². The van der Waals surface area contributed by atoms with Crippen LogP contribution in [0.1, 0.15) is 47.5 Å². The van der Waals surface area contributed by atoms with Gasteiger partial charge in [0.25, 0.3) is 0 Å². The van der Waals surface area contributed by atoms with Crippen molar-refractivity contribution in [3.05, 3.63) is 0 Å². The molecule has 0 atom stereocenters. The molecule has 78 valence electrons. The Morgan fingerprint density at radius 1 is 1.08 bits per heavy atom. The third-order valence-corrected chi connectivity index (χ3v) is 4.33. The Balaban J connectivity index is 2.88. The molecule has 1 aliphatic heterocycles. The molecule has 0 N–H and O–H groups in total. The maximum absolute atomic E-state index is 2.57. The maximum Gasteiger partial charge on any atom is 0.0265 e. The predicted molar refractivity (Wildman–Crippen MR) is 61.9 cm³/mol. The van der Waals surface area contributed by atoms with E-state index in [1.54, 1.807) is 0 Å². The lowest BCUT2D eigenvalue weighted by atomic mass is 9.77. The number of rotatable bonds is 1. The van der Waals surface area contributed by atoms with Gasteiger partial charge in [-0.2, -0.15) is 0 Å². The summed E-state index contributed by atoms with van der Waals surface area (Å²) >= 11 is 1.89. The van der Waals surface area contributed by atoms with Gasteiger partial charge >= 0.3 is 0 Å². The fourth-order valence-electron chi connectivity index (χ4n) is 3.26. The first-order chi connectivity index (χ1) is 5.79. The minimum Gasteiger partial charge on any atom is -0.240 e. The minimum atomic E-state index is 0.348. The monoisotopic (exact) mass is 201 g/mol. The number of hydrogen-bond donors (Lipinski definition) is 0. The Morgan fingerprint density at radius 2 is 1.46 bits per heavy atom. The third kappa shape index (κ3) is 2.21. The van der Waals surface area contributed by atoms with Crippen LogP contribution in [-0.4, -0.2) is 21.6 Å². The number of hydrogen-bond acceptors (Lipinski definition) is 2. The van der Waals surface area contributed by atoms with Crippen LogP contribution in [-0.2, 0) is 0 Å². The highest BCUT2D eigenvalue weighted by Gasteiger charge is 2.43. The molecule has 13 heavy (non-hydrogen) atoms. The summed E-state index contributed by atoms with van der Waals surface area (Å²) in [5, 5.41) is 0. The molecule has 1 heterocycles. The van der Waals surface area contributed by atoms with E-state index in [-0.39, 0.29) is 0 Å². The Bertz CT molecular complexity index is 169. The van der Waals surface area contributed by atoms with Gasteiger partial charge in [0.1, 0.15) is 0 Å². The Hall–Kier alpha value is 0.310. The summed E-state index contributed by atoms with van der Waals surface area (Å²) in [7, 11) is 0. The molecular weight excluding hydrogens is 178 g/mol. The van der Waals surface area contributed by atoms with Crippen molar-refractivity contribution in [3.8, 4) is 0 Å². The van der Waals surface area contributed by atoms with Gasteiger partial charge in [-0.1, -0.05) is 18.9 Å². The van der Waals surface area contributed by atoms with Crippen LogP contribution in [0.25, 0.3) is 0 Å². The zero-order chi connectivity index (χ0) is 10.3. The Kier molecular flexibility index (Phi) is 3.04. The van der Waals surface area contributed by atoms with Gasteiger partial charge in [-0.05, 0) is 52.7 Å². The molecule has 0 radical (unpaired) electrons. The molecule has 0 aromatic rings. The smallest absolute Gasteiger partial charge is 0.0265 e. The standard InChI is InChI=1S/C11H23NS/c1-9-7-10(2,3)12(13-6)11(4,5)8-9/h9H,7-8H2,1-6H3. The van der Waals surface area contributed by atoms with Gasteiger partial charge in [0.2, 0.25) is 0 Å². The van der Waals surface area contributed by atoms with Crippen molar-refractivity contribution in [3.63, 3.8) is 0 Å². The summed E-state index contributed by atoms with van der Waals surface area (Å²) < 4.78 is 2.57. The van der Waals surface area contributed by atoms with Crippen LogP contribution in [0.3, 0.4) is 0 Å². The van der Waals surface area contributed by atoms with E-state index < -0.39 is 0 Å². The van der Waals surface area contributed by atoms with Gasteiger partial charge in [-0.15, -0.1) is 0 Å². The largest absolute Gasteiger partial charge is 0.240 e. The van der Waals surface area contributed by atoms with E-state index in [4.69, 9.17) is 0 Å². The normalized spacial score (nSPS) is 29.1. The van der Waals surface area contributed by atoms with Gasteiger partial charge in [0.15, 0.2) is 0 Å². The minimum absolute atomic E-state index is 0.348. The predicted octanol–water partition coefficient (Wildman–Crippen LogP) is 3.55. The fourth-order valence-corrected chi connectivity index (χ4v) is 4.39. The zero-order valence-corrected chi connectivity index (χ0v) is 10.7. The summed E-state index contributed by atoms with van der Waals surface area (Å²) in [6, 6.07) is 0. The van der Waals surface area contributed by atoms with Gasteiger partial charge in [-0.25, -0.2) is 4.31 Å². The summed E-state index contributed by atoms with van der Waals surface area (Å²) in [4.78, 5) is 0. The Labute approximate surface area is 87.4 Å². The van der Waals surface area contributed by atoms with Crippen LogP contribution in [0.2, 0.25) is 0 Å². The van der Waals surface area contributed by atoms with Crippen LogP contribution >= 0.6 is 11.9 Å². The van der Waals surface area contributed by atoms with Crippen molar-refractivity contribution in [2.24, 2.45) is 5.92 Å². The number of piperidine rings is 1. The molecule has 1 rings (SSSR count).